The molecule has 110 valence electrons. The van der Waals surface area contributed by atoms with Crippen LogP contribution in [-0.4, -0.2) is 12.0 Å². The van der Waals surface area contributed by atoms with Crippen molar-refractivity contribution in [1.29, 1.82) is 0 Å². The molecule has 2 aliphatic carbocycles. The van der Waals surface area contributed by atoms with Crippen LogP contribution in [0.2, 0.25) is 0 Å². The first-order valence-electron chi connectivity index (χ1n) is 7.63. The molecule has 1 atom stereocenters. The zero-order chi connectivity index (χ0) is 14.4. The van der Waals surface area contributed by atoms with Gasteiger partial charge in [-0.1, -0.05) is 12.1 Å². The smallest absolute Gasteiger partial charge is 0.186 e. The van der Waals surface area contributed by atoms with Crippen LogP contribution in [0.25, 0.3) is 0 Å². The van der Waals surface area contributed by atoms with Gasteiger partial charge in [0.2, 0.25) is 0 Å². The second-order valence-corrected chi connectivity index (χ2v) is 6.33. The molecule has 0 radical (unpaired) electrons. The highest BCUT2D eigenvalue weighted by atomic mass is 15.3. The number of nitrogens with zero attached hydrogens (tertiary/aromatic N) is 1. The number of allylic oxidation sites excluding steroid dienone is 1. The summed E-state index contributed by atoms with van der Waals surface area (Å²) in [6.45, 7) is 0. The zero-order valence-electron chi connectivity index (χ0n) is 12.0. The fourth-order valence-electron chi connectivity index (χ4n) is 2.78. The zero-order valence-corrected chi connectivity index (χ0v) is 12.0. The Kier molecular flexibility index (Phi) is 2.72. The van der Waals surface area contributed by atoms with Gasteiger partial charge in [-0.05, 0) is 49.3 Å². The van der Waals surface area contributed by atoms with Gasteiger partial charge in [0.05, 0.1) is 11.9 Å². The standard InChI is InChI=1S/C16H21N5/c17-14-9-19-16(18,12-5-6-12)21-15(14)20-13-7-3-11(4-8-13)10-1-2-10/h3-4,7-10,12,20-21H,1-2,5-6,17-18H2. The summed E-state index contributed by atoms with van der Waals surface area (Å²) in [4.78, 5) is 4.36. The van der Waals surface area contributed by atoms with E-state index in [0.29, 0.717) is 11.6 Å². The Morgan fingerprint density at radius 3 is 2.48 bits per heavy atom. The highest BCUT2D eigenvalue weighted by molar-refractivity contribution is 5.81. The molecule has 2 saturated carbocycles. The quantitative estimate of drug-likeness (QED) is 0.678. The van der Waals surface area contributed by atoms with Gasteiger partial charge in [-0.2, -0.15) is 0 Å². The van der Waals surface area contributed by atoms with Gasteiger partial charge in [0.1, 0.15) is 5.82 Å². The van der Waals surface area contributed by atoms with Crippen LogP contribution in [-0.2, 0) is 0 Å². The Bertz CT molecular complexity index is 610. The Morgan fingerprint density at radius 2 is 1.86 bits per heavy atom. The molecule has 5 heteroatoms. The number of hydrogen-bond acceptors (Lipinski definition) is 5. The Morgan fingerprint density at radius 1 is 1.14 bits per heavy atom. The highest BCUT2D eigenvalue weighted by Crippen LogP contribution is 2.40. The Balaban J connectivity index is 1.50. The van der Waals surface area contributed by atoms with Crippen LogP contribution in [0, 0.1) is 5.92 Å². The van der Waals surface area contributed by atoms with Crippen molar-refractivity contribution < 1.29 is 0 Å². The average molecular weight is 283 g/mol. The van der Waals surface area contributed by atoms with Gasteiger partial charge in [0, 0.05) is 11.6 Å². The minimum Gasteiger partial charge on any atom is -0.395 e. The highest BCUT2D eigenvalue weighted by Gasteiger charge is 2.44. The lowest BCUT2D eigenvalue weighted by molar-refractivity contribution is 0.331. The number of nitrogens with one attached hydrogen (secondary N) is 2. The number of hydrogen-bond donors (Lipinski definition) is 4. The van der Waals surface area contributed by atoms with Gasteiger partial charge in [0.25, 0.3) is 0 Å². The molecule has 0 aromatic heterocycles. The van der Waals surface area contributed by atoms with Gasteiger partial charge in [-0.15, -0.1) is 0 Å². The maximum absolute atomic E-state index is 6.30. The minimum atomic E-state index is -0.709. The van der Waals surface area contributed by atoms with Crippen molar-refractivity contribution in [2.45, 2.75) is 37.4 Å². The van der Waals surface area contributed by atoms with E-state index in [1.165, 1.54) is 18.4 Å². The number of aliphatic imine (C=N–C) groups is 1. The van der Waals surface area contributed by atoms with Crippen LogP contribution in [0.1, 0.15) is 37.2 Å². The van der Waals surface area contributed by atoms with E-state index in [1.54, 1.807) is 6.21 Å². The third-order valence-electron chi connectivity index (χ3n) is 4.46. The maximum Gasteiger partial charge on any atom is 0.186 e. The van der Waals surface area contributed by atoms with Crippen LogP contribution in [0.4, 0.5) is 5.69 Å². The monoisotopic (exact) mass is 283 g/mol. The van der Waals surface area contributed by atoms with Crippen molar-refractivity contribution in [3.05, 3.63) is 41.3 Å². The number of anilines is 1. The number of rotatable bonds is 4. The summed E-state index contributed by atoms with van der Waals surface area (Å²) in [6.07, 6.45) is 6.53. The van der Waals surface area contributed by atoms with Gasteiger partial charge in [-0.3, -0.25) is 5.73 Å². The van der Waals surface area contributed by atoms with E-state index in [0.717, 1.165) is 30.3 Å². The molecule has 0 saturated heterocycles. The first-order chi connectivity index (χ1) is 10.1. The molecule has 1 aromatic carbocycles. The molecule has 4 rings (SSSR count). The molecule has 5 nitrogen and oxygen atoms in total. The molecular weight excluding hydrogens is 262 g/mol. The molecule has 1 aliphatic heterocycles. The van der Waals surface area contributed by atoms with E-state index in [-0.39, 0.29) is 0 Å². The topological polar surface area (TPSA) is 88.5 Å². The third kappa shape index (κ3) is 2.49. The summed E-state index contributed by atoms with van der Waals surface area (Å²) in [7, 11) is 0. The first-order valence-corrected chi connectivity index (χ1v) is 7.63. The molecule has 1 aromatic rings. The van der Waals surface area contributed by atoms with Crippen LogP contribution < -0.4 is 22.1 Å². The van der Waals surface area contributed by atoms with E-state index in [1.807, 2.05) is 0 Å². The normalized spacial score (nSPS) is 28.4. The van der Waals surface area contributed by atoms with E-state index < -0.39 is 5.79 Å². The van der Waals surface area contributed by atoms with Crippen LogP contribution in [0.15, 0.2) is 40.8 Å². The molecule has 3 aliphatic rings. The third-order valence-corrected chi connectivity index (χ3v) is 4.46. The summed E-state index contributed by atoms with van der Waals surface area (Å²) >= 11 is 0. The summed E-state index contributed by atoms with van der Waals surface area (Å²) < 4.78 is 0. The van der Waals surface area contributed by atoms with E-state index in [9.17, 15) is 0 Å². The van der Waals surface area contributed by atoms with Gasteiger partial charge < -0.3 is 16.4 Å². The molecule has 0 bridgehead atoms. The van der Waals surface area contributed by atoms with Crippen LogP contribution >= 0.6 is 0 Å². The average Bonchev–Trinajstić information content (AvgIpc) is 3.36. The van der Waals surface area contributed by atoms with Crippen molar-refractivity contribution in [2.24, 2.45) is 22.4 Å². The summed E-state index contributed by atoms with van der Waals surface area (Å²) in [6, 6.07) is 8.56. The van der Waals surface area contributed by atoms with E-state index in [2.05, 4.69) is 39.9 Å². The van der Waals surface area contributed by atoms with Crippen molar-refractivity contribution >= 4 is 11.9 Å². The molecule has 1 heterocycles. The largest absolute Gasteiger partial charge is 0.395 e. The summed E-state index contributed by atoms with van der Waals surface area (Å²) in [5, 5.41) is 6.59. The lowest BCUT2D eigenvalue weighted by atomic mass is 10.1. The van der Waals surface area contributed by atoms with E-state index >= 15 is 0 Å². The molecule has 21 heavy (non-hydrogen) atoms. The summed E-state index contributed by atoms with van der Waals surface area (Å²) in [5.74, 6) is 1.21. The minimum absolute atomic E-state index is 0.399. The summed E-state index contributed by atoms with van der Waals surface area (Å²) in [5.41, 5.74) is 15.3. The maximum atomic E-state index is 6.30. The van der Waals surface area contributed by atoms with Crippen molar-refractivity contribution in [3.63, 3.8) is 0 Å². The fraction of sp³-hybridized carbons (Fsp3) is 0.438. The van der Waals surface area contributed by atoms with Gasteiger partial charge >= 0.3 is 0 Å². The molecule has 0 amide bonds. The molecular formula is C16H21N5. The molecule has 1 unspecified atom stereocenters. The Hall–Kier alpha value is -2.01. The van der Waals surface area contributed by atoms with Gasteiger partial charge in [0.15, 0.2) is 5.79 Å². The van der Waals surface area contributed by atoms with E-state index in [4.69, 9.17) is 11.5 Å². The van der Waals surface area contributed by atoms with Crippen LogP contribution in [0.5, 0.6) is 0 Å². The lowest BCUT2D eigenvalue weighted by Crippen LogP contribution is -2.56. The predicted octanol–water partition coefficient (Wildman–Crippen LogP) is 1.80. The fourth-order valence-corrected chi connectivity index (χ4v) is 2.78. The predicted molar refractivity (Wildman–Crippen MR) is 84.5 cm³/mol. The van der Waals surface area contributed by atoms with Crippen molar-refractivity contribution in [2.75, 3.05) is 5.32 Å². The molecule has 6 N–H and O–H groups in total. The second kappa shape index (κ2) is 4.49. The van der Waals surface area contributed by atoms with Crippen molar-refractivity contribution in [3.8, 4) is 0 Å². The van der Waals surface area contributed by atoms with Crippen molar-refractivity contribution in [1.82, 2.24) is 5.32 Å². The number of nitrogens with two attached hydrogens (primary N) is 2. The first kappa shape index (κ1) is 12.7. The van der Waals surface area contributed by atoms with Crippen LogP contribution in [0.3, 0.4) is 0 Å². The lowest BCUT2D eigenvalue weighted by Gasteiger charge is -2.32. The number of benzene rings is 1. The molecule has 0 spiro atoms. The van der Waals surface area contributed by atoms with Gasteiger partial charge in [-0.25, -0.2) is 4.99 Å². The second-order valence-electron chi connectivity index (χ2n) is 6.33. The molecule has 2 fully saturated rings. The SMILES string of the molecule is NC1=C(Nc2ccc(C3CC3)cc2)NC(N)(C2CC2)N=C1. The Labute approximate surface area is 124 Å².